The highest BCUT2D eigenvalue weighted by Gasteiger charge is 2.69. The summed E-state index contributed by atoms with van der Waals surface area (Å²) in [4.78, 5) is 5.44. The van der Waals surface area contributed by atoms with Crippen LogP contribution in [0.4, 0.5) is 0 Å². The predicted molar refractivity (Wildman–Crippen MR) is 136 cm³/mol. The fourth-order valence-corrected chi connectivity index (χ4v) is 9.39. The van der Waals surface area contributed by atoms with E-state index >= 15 is 0 Å². The van der Waals surface area contributed by atoms with Crippen LogP contribution in [0, 0.1) is 11.8 Å². The number of rotatable bonds is 2. The van der Waals surface area contributed by atoms with Crippen molar-refractivity contribution in [1.29, 1.82) is 0 Å². The van der Waals surface area contributed by atoms with Gasteiger partial charge in [0.1, 0.15) is 0 Å². The smallest absolute Gasteiger partial charge is 0.298 e. The van der Waals surface area contributed by atoms with Crippen molar-refractivity contribution in [3.05, 3.63) is 71.8 Å². The van der Waals surface area contributed by atoms with Gasteiger partial charge in [0.25, 0.3) is 6.03 Å². The molecule has 0 aromatic heterocycles. The summed E-state index contributed by atoms with van der Waals surface area (Å²) in [5, 5.41) is 0. The number of hydrogen-bond acceptors (Lipinski definition) is 4. The molecule has 4 aliphatic heterocycles. The summed E-state index contributed by atoms with van der Waals surface area (Å²) in [5.41, 5.74) is 3.06. The maximum Gasteiger partial charge on any atom is 0.298 e. The van der Waals surface area contributed by atoms with Gasteiger partial charge in [0.05, 0.1) is 12.2 Å². The molecule has 2 aliphatic carbocycles. The Hall–Kier alpha value is -1.72. The molecule has 8 unspecified atom stereocenters. The molecule has 4 heterocycles. The van der Waals surface area contributed by atoms with Crippen LogP contribution < -0.4 is 0 Å². The van der Waals surface area contributed by atoms with Crippen molar-refractivity contribution < 1.29 is 9.47 Å². The third-order valence-electron chi connectivity index (χ3n) is 10.6. The van der Waals surface area contributed by atoms with Crippen LogP contribution in [0.2, 0.25) is 0 Å². The lowest BCUT2D eigenvalue weighted by Crippen LogP contribution is -2.64. The molecule has 0 bridgehead atoms. The van der Waals surface area contributed by atoms with Gasteiger partial charge in [-0.25, -0.2) is 9.80 Å². The van der Waals surface area contributed by atoms with Gasteiger partial charge in [0.2, 0.25) is 0 Å². The summed E-state index contributed by atoms with van der Waals surface area (Å²) in [6.45, 7) is 2.23. The van der Waals surface area contributed by atoms with Gasteiger partial charge in [0, 0.05) is 25.2 Å². The molecular formula is C31H38N2O2. The van der Waals surface area contributed by atoms with Crippen LogP contribution >= 0.6 is 0 Å². The summed E-state index contributed by atoms with van der Waals surface area (Å²) in [6.07, 6.45) is 10.6. The normalized spacial score (nSPS) is 44.8. The summed E-state index contributed by atoms with van der Waals surface area (Å²) in [5.74, 6) is 2.65. The largest absolute Gasteiger partial charge is 0.319 e. The van der Waals surface area contributed by atoms with E-state index in [-0.39, 0.29) is 0 Å². The lowest BCUT2D eigenvalue weighted by molar-refractivity contribution is -0.338. The Morgan fingerprint density at radius 3 is 1.49 bits per heavy atom. The van der Waals surface area contributed by atoms with Crippen LogP contribution in [-0.4, -0.2) is 53.2 Å². The Labute approximate surface area is 209 Å². The van der Waals surface area contributed by atoms with E-state index in [4.69, 9.17) is 9.47 Å². The number of nitrogens with zero attached hydrogens (tertiary/aromatic N) is 2. The van der Waals surface area contributed by atoms with Crippen LogP contribution in [0.25, 0.3) is 0 Å². The van der Waals surface area contributed by atoms with Crippen molar-refractivity contribution in [2.24, 2.45) is 11.8 Å². The number of hydrogen-bond donors (Lipinski definition) is 0. The van der Waals surface area contributed by atoms with E-state index in [2.05, 4.69) is 70.5 Å². The maximum absolute atomic E-state index is 7.16. The van der Waals surface area contributed by atoms with E-state index in [1.54, 1.807) is 0 Å². The Balaban J connectivity index is 1.13. The topological polar surface area (TPSA) is 24.9 Å². The van der Waals surface area contributed by atoms with Gasteiger partial charge in [-0.2, -0.15) is 0 Å². The molecule has 0 N–H and O–H groups in total. The van der Waals surface area contributed by atoms with Crippen LogP contribution in [-0.2, 0) is 9.47 Å². The van der Waals surface area contributed by atoms with E-state index < -0.39 is 6.03 Å². The predicted octanol–water partition coefficient (Wildman–Crippen LogP) is 5.71. The zero-order chi connectivity index (χ0) is 23.0. The van der Waals surface area contributed by atoms with Gasteiger partial charge >= 0.3 is 0 Å². The van der Waals surface area contributed by atoms with Crippen molar-refractivity contribution in [1.82, 2.24) is 9.80 Å². The van der Waals surface area contributed by atoms with Crippen molar-refractivity contribution in [3.63, 3.8) is 0 Å². The number of piperidine rings is 2. The highest BCUT2D eigenvalue weighted by Crippen LogP contribution is 2.59. The summed E-state index contributed by atoms with van der Waals surface area (Å²) in [7, 11) is 0. The number of fused-ring (bicyclic) bond motifs is 2. The van der Waals surface area contributed by atoms with Crippen LogP contribution in [0.3, 0.4) is 0 Å². The van der Waals surface area contributed by atoms with Gasteiger partial charge < -0.3 is 9.47 Å². The first-order chi connectivity index (χ1) is 17.3. The quantitative estimate of drug-likeness (QED) is 0.561. The van der Waals surface area contributed by atoms with E-state index in [1.807, 2.05) is 0 Å². The SMILES string of the molecule is c1ccc(C2CCC3OC4(OC5CCC(c6ccccc6)C6CCCN4C56)N4CCCC2C34)cc1. The highest BCUT2D eigenvalue weighted by molar-refractivity contribution is 5.26. The van der Waals surface area contributed by atoms with Crippen LogP contribution in [0.5, 0.6) is 0 Å². The third kappa shape index (κ3) is 3.06. The molecule has 2 aromatic carbocycles. The van der Waals surface area contributed by atoms with Gasteiger partial charge in [-0.15, -0.1) is 0 Å². The average Bonchev–Trinajstić information content (AvgIpc) is 3.42. The Bertz CT molecular complexity index is 975. The first-order valence-corrected chi connectivity index (χ1v) is 14.3. The fourth-order valence-electron chi connectivity index (χ4n) is 9.39. The third-order valence-corrected chi connectivity index (χ3v) is 10.6. The lowest BCUT2D eigenvalue weighted by Gasteiger charge is -2.50. The maximum atomic E-state index is 7.16. The second-order valence-corrected chi connectivity index (χ2v) is 12.0. The van der Waals surface area contributed by atoms with Crippen molar-refractivity contribution in [2.45, 2.75) is 93.5 Å². The number of benzene rings is 2. The minimum absolute atomic E-state index is 0.311. The molecule has 1 spiro atoms. The van der Waals surface area contributed by atoms with Crippen LogP contribution in [0.1, 0.15) is 74.3 Å². The van der Waals surface area contributed by atoms with E-state index in [0.717, 1.165) is 25.9 Å². The minimum atomic E-state index is -0.612. The van der Waals surface area contributed by atoms with Gasteiger partial charge in [-0.05, 0) is 86.2 Å². The summed E-state index contributed by atoms with van der Waals surface area (Å²) in [6, 6.07) is 23.0. The molecule has 8 atom stereocenters. The van der Waals surface area contributed by atoms with E-state index in [0.29, 0.717) is 48.0 Å². The number of ether oxygens (including phenoxy) is 2. The first-order valence-electron chi connectivity index (χ1n) is 14.3. The molecule has 35 heavy (non-hydrogen) atoms. The van der Waals surface area contributed by atoms with E-state index in [1.165, 1.54) is 49.7 Å². The average molecular weight is 471 g/mol. The van der Waals surface area contributed by atoms with Gasteiger partial charge in [-0.1, -0.05) is 60.7 Å². The Morgan fingerprint density at radius 2 is 1.03 bits per heavy atom. The standard InChI is InChI=1S/C31H38N2O2/c1-3-9-21(10-4-1)23-15-17-27-29-25(23)13-7-19-32(29)31(34-27)33-20-8-14-26-24(22-11-5-2-6-12-22)16-18-28(35-31)30(26)33/h1-6,9-12,23-30H,7-8,13-20H2. The molecule has 0 radical (unpaired) electrons. The molecule has 8 rings (SSSR count). The van der Waals surface area contributed by atoms with Crippen LogP contribution in [0.15, 0.2) is 60.7 Å². The monoisotopic (exact) mass is 470 g/mol. The zero-order valence-corrected chi connectivity index (χ0v) is 20.7. The lowest BCUT2D eigenvalue weighted by atomic mass is 9.67. The molecular weight excluding hydrogens is 432 g/mol. The molecule has 6 fully saturated rings. The first kappa shape index (κ1) is 21.4. The molecule has 2 saturated carbocycles. The second-order valence-electron chi connectivity index (χ2n) is 12.0. The molecule has 4 nitrogen and oxygen atoms in total. The zero-order valence-electron chi connectivity index (χ0n) is 20.7. The Morgan fingerprint density at radius 1 is 0.571 bits per heavy atom. The summed E-state index contributed by atoms with van der Waals surface area (Å²) >= 11 is 0. The highest BCUT2D eigenvalue weighted by atomic mass is 16.8. The summed E-state index contributed by atoms with van der Waals surface area (Å²) < 4.78 is 14.3. The Kier molecular flexibility index (Phi) is 4.97. The van der Waals surface area contributed by atoms with Gasteiger partial charge in [0.15, 0.2) is 0 Å². The minimum Gasteiger partial charge on any atom is -0.319 e. The fraction of sp³-hybridized carbons (Fsp3) is 0.613. The van der Waals surface area contributed by atoms with Crippen molar-refractivity contribution in [3.8, 4) is 0 Å². The molecule has 4 saturated heterocycles. The van der Waals surface area contributed by atoms with E-state index in [9.17, 15) is 0 Å². The van der Waals surface area contributed by atoms with Gasteiger partial charge in [-0.3, -0.25) is 0 Å². The molecule has 4 heteroatoms. The molecule has 6 aliphatic rings. The molecule has 0 amide bonds. The molecule has 184 valence electrons. The second kappa shape index (κ2) is 8.14. The van der Waals surface area contributed by atoms with Crippen molar-refractivity contribution in [2.75, 3.05) is 13.1 Å². The van der Waals surface area contributed by atoms with Crippen molar-refractivity contribution >= 4 is 0 Å². The molecule has 2 aromatic rings.